The molecule has 0 bridgehead atoms. The number of hydrogen-bond acceptors (Lipinski definition) is 3. The molecule has 3 rings (SSSR count). The molecule has 6 heteroatoms. The maximum absolute atomic E-state index is 12.4. The summed E-state index contributed by atoms with van der Waals surface area (Å²) >= 11 is 0. The molecule has 1 aliphatic carbocycles. The lowest BCUT2D eigenvalue weighted by Gasteiger charge is -2.32. The van der Waals surface area contributed by atoms with Crippen molar-refractivity contribution in [1.82, 2.24) is 10.2 Å². The van der Waals surface area contributed by atoms with Crippen LogP contribution in [0.25, 0.3) is 0 Å². The van der Waals surface area contributed by atoms with E-state index in [2.05, 4.69) is 5.32 Å². The Kier molecular flexibility index (Phi) is 7.26. The maximum atomic E-state index is 12.4. The Morgan fingerprint density at radius 3 is 2.36 bits per heavy atom. The van der Waals surface area contributed by atoms with Crippen molar-refractivity contribution in [1.29, 1.82) is 0 Å². The first-order valence-electron chi connectivity index (χ1n) is 9.03. The van der Waals surface area contributed by atoms with Gasteiger partial charge in [0.2, 0.25) is 5.91 Å². The molecular formula is C19H28ClN3O2. The smallest absolute Gasteiger partial charge is 0.253 e. The van der Waals surface area contributed by atoms with Crippen LogP contribution in [0.2, 0.25) is 0 Å². The molecule has 0 aromatic heterocycles. The predicted molar refractivity (Wildman–Crippen MR) is 101 cm³/mol. The van der Waals surface area contributed by atoms with Gasteiger partial charge in [0.1, 0.15) is 0 Å². The molecule has 1 saturated heterocycles. The molecule has 0 unspecified atom stereocenters. The summed E-state index contributed by atoms with van der Waals surface area (Å²) in [4.78, 5) is 26.5. The fourth-order valence-electron chi connectivity index (χ4n) is 3.83. The molecule has 1 aromatic rings. The van der Waals surface area contributed by atoms with Crippen molar-refractivity contribution in [3.63, 3.8) is 0 Å². The van der Waals surface area contributed by atoms with Gasteiger partial charge >= 0.3 is 0 Å². The number of halogens is 1. The molecule has 1 saturated carbocycles. The number of hydrogen-bond donors (Lipinski definition) is 2. The first kappa shape index (κ1) is 19.7. The summed E-state index contributed by atoms with van der Waals surface area (Å²) in [6.07, 6.45) is 5.43. The molecule has 138 valence electrons. The van der Waals surface area contributed by atoms with Gasteiger partial charge in [-0.1, -0.05) is 24.6 Å². The van der Waals surface area contributed by atoms with Crippen molar-refractivity contribution < 1.29 is 9.59 Å². The average molecular weight is 366 g/mol. The summed E-state index contributed by atoms with van der Waals surface area (Å²) in [5.41, 5.74) is 6.77. The Bertz CT molecular complexity index is 573. The van der Waals surface area contributed by atoms with Crippen LogP contribution in [-0.2, 0) is 4.79 Å². The van der Waals surface area contributed by atoms with Gasteiger partial charge in [0, 0.05) is 37.2 Å². The van der Waals surface area contributed by atoms with Crippen LogP contribution in [0.15, 0.2) is 30.3 Å². The summed E-state index contributed by atoms with van der Waals surface area (Å²) in [5, 5.41) is 3.13. The second-order valence-corrected chi connectivity index (χ2v) is 7.06. The number of carbonyl (C=O) groups excluding carboxylic acids is 2. The highest BCUT2D eigenvalue weighted by Crippen LogP contribution is 2.26. The van der Waals surface area contributed by atoms with E-state index in [1.54, 1.807) is 0 Å². The average Bonchev–Trinajstić information content (AvgIpc) is 3.00. The van der Waals surface area contributed by atoms with Gasteiger partial charge in [0.05, 0.1) is 0 Å². The molecule has 1 aliphatic heterocycles. The molecular weight excluding hydrogens is 338 g/mol. The Hall–Kier alpha value is -1.59. The summed E-state index contributed by atoms with van der Waals surface area (Å²) in [5.74, 6) is 0.534. The minimum atomic E-state index is 0. The highest BCUT2D eigenvalue weighted by molar-refractivity contribution is 5.94. The number of piperidine rings is 1. The van der Waals surface area contributed by atoms with Crippen LogP contribution in [0.4, 0.5) is 0 Å². The topological polar surface area (TPSA) is 75.4 Å². The molecule has 1 heterocycles. The molecule has 5 nitrogen and oxygen atoms in total. The molecule has 1 aromatic carbocycles. The lowest BCUT2D eigenvalue weighted by molar-refractivity contribution is -0.123. The highest BCUT2D eigenvalue weighted by atomic mass is 35.5. The Labute approximate surface area is 155 Å². The van der Waals surface area contributed by atoms with Crippen molar-refractivity contribution in [2.45, 2.75) is 50.6 Å². The van der Waals surface area contributed by atoms with Gasteiger partial charge in [-0.05, 0) is 43.7 Å². The molecule has 2 atom stereocenters. The van der Waals surface area contributed by atoms with Crippen molar-refractivity contribution in [2.75, 3.05) is 13.1 Å². The van der Waals surface area contributed by atoms with Crippen LogP contribution in [0, 0.1) is 5.92 Å². The molecule has 3 N–H and O–H groups in total. The minimum absolute atomic E-state index is 0. The van der Waals surface area contributed by atoms with Crippen molar-refractivity contribution in [3.05, 3.63) is 35.9 Å². The number of likely N-dealkylation sites (tertiary alicyclic amines) is 1. The van der Waals surface area contributed by atoms with Crippen molar-refractivity contribution >= 4 is 24.2 Å². The van der Waals surface area contributed by atoms with E-state index in [0.717, 1.165) is 37.7 Å². The zero-order valence-electron chi connectivity index (χ0n) is 14.5. The van der Waals surface area contributed by atoms with E-state index >= 15 is 0 Å². The molecule has 2 aliphatic rings. The van der Waals surface area contributed by atoms with E-state index in [9.17, 15) is 9.59 Å². The van der Waals surface area contributed by atoms with Gasteiger partial charge < -0.3 is 16.0 Å². The Balaban J connectivity index is 0.00000225. The van der Waals surface area contributed by atoms with Crippen LogP contribution in [0.5, 0.6) is 0 Å². The summed E-state index contributed by atoms with van der Waals surface area (Å²) in [6, 6.07) is 9.73. The van der Waals surface area contributed by atoms with Crippen LogP contribution >= 0.6 is 12.4 Å². The maximum Gasteiger partial charge on any atom is 0.253 e. The molecule has 2 fully saturated rings. The Morgan fingerprint density at radius 1 is 1.08 bits per heavy atom. The summed E-state index contributed by atoms with van der Waals surface area (Å²) in [7, 11) is 0. The van der Waals surface area contributed by atoms with Gasteiger partial charge in [-0.25, -0.2) is 0 Å². The van der Waals surface area contributed by atoms with Gasteiger partial charge in [-0.2, -0.15) is 0 Å². The van der Waals surface area contributed by atoms with Gasteiger partial charge in [-0.3, -0.25) is 9.59 Å². The highest BCUT2D eigenvalue weighted by Gasteiger charge is 2.28. The first-order chi connectivity index (χ1) is 11.6. The third-order valence-corrected chi connectivity index (χ3v) is 5.33. The third kappa shape index (κ3) is 5.19. The summed E-state index contributed by atoms with van der Waals surface area (Å²) in [6.45, 7) is 1.39. The van der Waals surface area contributed by atoms with Crippen molar-refractivity contribution in [3.8, 4) is 0 Å². The standard InChI is InChI=1S/C19H27N3O2.ClH/c20-17-8-4-7-15(17)13-18(23)21-16-9-11-22(12-10-16)19(24)14-5-2-1-3-6-14;/h1-3,5-6,15-17H,4,7-13,20H2,(H,21,23);1H/t15-,17+;/m0./s1. The Morgan fingerprint density at radius 2 is 1.76 bits per heavy atom. The predicted octanol–water partition coefficient (Wildman–Crippen LogP) is 2.35. The van der Waals surface area contributed by atoms with Crippen molar-refractivity contribution in [2.24, 2.45) is 11.7 Å². The number of carbonyl (C=O) groups is 2. The van der Waals surface area contributed by atoms with E-state index in [0.29, 0.717) is 25.4 Å². The van der Waals surface area contributed by atoms with Gasteiger partial charge in [0.25, 0.3) is 5.91 Å². The molecule has 0 radical (unpaired) electrons. The molecule has 2 amide bonds. The SMILES string of the molecule is Cl.N[C@@H]1CCC[C@H]1CC(=O)NC1CCN(C(=O)c2ccccc2)CC1. The number of benzene rings is 1. The number of rotatable bonds is 4. The largest absolute Gasteiger partial charge is 0.353 e. The third-order valence-electron chi connectivity index (χ3n) is 5.33. The van der Waals surface area contributed by atoms with E-state index < -0.39 is 0 Å². The van der Waals surface area contributed by atoms with Gasteiger partial charge in [-0.15, -0.1) is 12.4 Å². The van der Waals surface area contributed by atoms with E-state index in [-0.39, 0.29) is 36.3 Å². The monoisotopic (exact) mass is 365 g/mol. The van der Waals surface area contributed by atoms with E-state index in [1.807, 2.05) is 35.2 Å². The minimum Gasteiger partial charge on any atom is -0.353 e. The second kappa shape index (κ2) is 9.20. The van der Waals surface area contributed by atoms with Crippen LogP contribution in [0.1, 0.15) is 48.9 Å². The number of nitrogens with one attached hydrogen (secondary N) is 1. The number of amides is 2. The molecule has 0 spiro atoms. The van der Waals surface area contributed by atoms with Crippen LogP contribution < -0.4 is 11.1 Å². The lowest BCUT2D eigenvalue weighted by atomic mass is 9.98. The van der Waals surface area contributed by atoms with Crippen LogP contribution in [0.3, 0.4) is 0 Å². The van der Waals surface area contributed by atoms with Gasteiger partial charge in [0.15, 0.2) is 0 Å². The van der Waals surface area contributed by atoms with E-state index in [1.165, 1.54) is 0 Å². The normalized spacial score (nSPS) is 23.8. The zero-order valence-corrected chi connectivity index (χ0v) is 15.3. The number of nitrogens with zero attached hydrogens (tertiary/aromatic N) is 1. The quantitative estimate of drug-likeness (QED) is 0.859. The number of nitrogens with two attached hydrogens (primary N) is 1. The fourth-order valence-corrected chi connectivity index (χ4v) is 3.83. The zero-order chi connectivity index (χ0) is 16.9. The lowest BCUT2D eigenvalue weighted by Crippen LogP contribution is -2.47. The van der Waals surface area contributed by atoms with Crippen LogP contribution in [-0.4, -0.2) is 41.9 Å². The second-order valence-electron chi connectivity index (χ2n) is 7.06. The first-order valence-corrected chi connectivity index (χ1v) is 9.03. The molecule has 25 heavy (non-hydrogen) atoms. The fraction of sp³-hybridized carbons (Fsp3) is 0.579. The summed E-state index contributed by atoms with van der Waals surface area (Å²) < 4.78 is 0. The van der Waals surface area contributed by atoms with E-state index in [4.69, 9.17) is 5.73 Å².